The van der Waals surface area contributed by atoms with Crippen LogP contribution in [0.2, 0.25) is 5.02 Å². The summed E-state index contributed by atoms with van der Waals surface area (Å²) in [5, 5.41) is 14.5. The Kier molecular flexibility index (Phi) is 6.02. The number of nitrogens with zero attached hydrogens (tertiary/aromatic N) is 4. The van der Waals surface area contributed by atoms with E-state index in [-0.39, 0.29) is 17.7 Å². The monoisotopic (exact) mass is 477 g/mol. The van der Waals surface area contributed by atoms with E-state index in [0.717, 1.165) is 16.8 Å². The Hall–Kier alpha value is -3.36. The lowest BCUT2D eigenvalue weighted by Gasteiger charge is -2.19. The number of hydrazone groups is 1. The smallest absolute Gasteiger partial charge is 0.253 e. The standard InChI is InChI=1S/C24H20ClN5O2S/c1-15-4-6-16(7-5-15)19-13-20(21-3-2-12-32-21)30(29-19)22(31)14-33-24-26-23(27-28-24)17-8-10-18(25)11-9-17/h2-12,20H,13-14H2,1H3,(H,26,27,28). The highest BCUT2D eigenvalue weighted by Gasteiger charge is 2.34. The summed E-state index contributed by atoms with van der Waals surface area (Å²) in [6, 6.07) is 18.9. The summed E-state index contributed by atoms with van der Waals surface area (Å²) in [7, 11) is 0. The zero-order valence-corrected chi connectivity index (χ0v) is 19.3. The van der Waals surface area contributed by atoms with Gasteiger partial charge < -0.3 is 4.42 Å². The van der Waals surface area contributed by atoms with Gasteiger partial charge in [-0.15, -0.1) is 5.10 Å². The molecule has 5 rings (SSSR count). The fourth-order valence-electron chi connectivity index (χ4n) is 3.60. The topological polar surface area (TPSA) is 87.4 Å². The third-order valence-corrected chi connectivity index (χ3v) is 6.41. The summed E-state index contributed by atoms with van der Waals surface area (Å²) in [4.78, 5) is 17.6. The maximum Gasteiger partial charge on any atom is 0.253 e. The minimum absolute atomic E-state index is 0.138. The predicted molar refractivity (Wildman–Crippen MR) is 128 cm³/mol. The van der Waals surface area contributed by atoms with Crippen LogP contribution in [-0.2, 0) is 4.79 Å². The number of aromatic nitrogens is 3. The predicted octanol–water partition coefficient (Wildman–Crippen LogP) is 5.50. The molecule has 0 bridgehead atoms. The number of benzene rings is 2. The summed E-state index contributed by atoms with van der Waals surface area (Å²) < 4.78 is 5.61. The van der Waals surface area contributed by atoms with Crippen LogP contribution in [0.15, 0.2) is 81.6 Å². The van der Waals surface area contributed by atoms with Gasteiger partial charge in [-0.05, 0) is 48.9 Å². The van der Waals surface area contributed by atoms with E-state index in [1.165, 1.54) is 22.3 Å². The average Bonchev–Trinajstić information content (AvgIpc) is 3.59. The molecule has 0 spiro atoms. The molecule has 1 aliphatic heterocycles. The Balaban J connectivity index is 1.31. The highest BCUT2D eigenvalue weighted by Crippen LogP contribution is 2.34. The first kappa shape index (κ1) is 21.5. The summed E-state index contributed by atoms with van der Waals surface area (Å²) in [5.41, 5.74) is 3.91. The molecule has 3 heterocycles. The van der Waals surface area contributed by atoms with Crippen LogP contribution in [0, 0.1) is 6.92 Å². The molecule has 2 aromatic carbocycles. The molecular formula is C24H20ClN5O2S. The molecule has 1 atom stereocenters. The van der Waals surface area contributed by atoms with Crippen molar-refractivity contribution in [3.8, 4) is 11.4 Å². The number of H-pyrrole nitrogens is 1. The molecule has 1 aliphatic rings. The van der Waals surface area contributed by atoms with Crippen molar-refractivity contribution >= 4 is 35.0 Å². The second-order valence-corrected chi connectivity index (χ2v) is 9.03. The van der Waals surface area contributed by atoms with Gasteiger partial charge in [0.1, 0.15) is 11.8 Å². The Bertz CT molecular complexity index is 1280. The largest absolute Gasteiger partial charge is 0.467 e. The molecule has 4 aromatic rings. The molecule has 9 heteroatoms. The van der Waals surface area contributed by atoms with Gasteiger partial charge in [0.05, 0.1) is 17.7 Å². The molecule has 166 valence electrons. The van der Waals surface area contributed by atoms with E-state index in [2.05, 4.69) is 20.3 Å². The Labute approximate surface area is 199 Å². The molecule has 0 aliphatic carbocycles. The molecule has 0 saturated carbocycles. The average molecular weight is 478 g/mol. The number of hydrogen-bond donors (Lipinski definition) is 1. The lowest BCUT2D eigenvalue weighted by molar-refractivity contribution is -0.130. The van der Waals surface area contributed by atoms with Gasteiger partial charge in [0.15, 0.2) is 5.82 Å². The normalized spacial score (nSPS) is 15.6. The molecule has 0 radical (unpaired) electrons. The Morgan fingerprint density at radius 2 is 1.91 bits per heavy atom. The maximum atomic E-state index is 13.1. The van der Waals surface area contributed by atoms with Gasteiger partial charge in [-0.1, -0.05) is 53.2 Å². The number of furan rings is 1. The molecular weight excluding hydrogens is 458 g/mol. The Morgan fingerprint density at radius 3 is 2.64 bits per heavy atom. The number of hydrogen-bond acceptors (Lipinski definition) is 6. The van der Waals surface area contributed by atoms with Crippen molar-refractivity contribution in [2.24, 2.45) is 5.10 Å². The zero-order chi connectivity index (χ0) is 22.8. The van der Waals surface area contributed by atoms with Crippen LogP contribution in [-0.4, -0.2) is 37.6 Å². The van der Waals surface area contributed by atoms with Gasteiger partial charge in [0, 0.05) is 17.0 Å². The molecule has 33 heavy (non-hydrogen) atoms. The summed E-state index contributed by atoms with van der Waals surface area (Å²) >= 11 is 7.21. The maximum absolute atomic E-state index is 13.1. The van der Waals surface area contributed by atoms with Crippen LogP contribution in [0.1, 0.15) is 29.3 Å². The number of aromatic amines is 1. The van der Waals surface area contributed by atoms with Gasteiger partial charge in [-0.25, -0.2) is 9.99 Å². The zero-order valence-electron chi connectivity index (χ0n) is 17.7. The highest BCUT2D eigenvalue weighted by molar-refractivity contribution is 7.99. The van der Waals surface area contributed by atoms with E-state index in [1.807, 2.05) is 55.5 Å². The number of rotatable bonds is 6. The van der Waals surface area contributed by atoms with Crippen molar-refractivity contribution < 1.29 is 9.21 Å². The number of thioether (sulfide) groups is 1. The van der Waals surface area contributed by atoms with E-state index in [9.17, 15) is 4.79 Å². The summed E-state index contributed by atoms with van der Waals surface area (Å²) in [5.74, 6) is 1.35. The van der Waals surface area contributed by atoms with Gasteiger partial charge in [0.2, 0.25) is 5.16 Å². The molecule has 7 nitrogen and oxygen atoms in total. The van der Waals surface area contributed by atoms with Gasteiger partial charge in [0.25, 0.3) is 5.91 Å². The summed E-state index contributed by atoms with van der Waals surface area (Å²) in [6.07, 6.45) is 2.21. The van der Waals surface area contributed by atoms with E-state index in [1.54, 1.807) is 18.4 Å². The van der Waals surface area contributed by atoms with Crippen molar-refractivity contribution in [2.45, 2.75) is 24.5 Å². The summed E-state index contributed by atoms with van der Waals surface area (Å²) in [6.45, 7) is 2.04. The molecule has 1 N–H and O–H groups in total. The van der Waals surface area contributed by atoms with Crippen molar-refractivity contribution in [3.05, 3.63) is 88.8 Å². The van der Waals surface area contributed by atoms with Crippen molar-refractivity contribution in [2.75, 3.05) is 5.75 Å². The fourth-order valence-corrected chi connectivity index (χ4v) is 4.38. The van der Waals surface area contributed by atoms with E-state index >= 15 is 0 Å². The first-order valence-electron chi connectivity index (χ1n) is 10.4. The number of amides is 1. The van der Waals surface area contributed by atoms with Crippen molar-refractivity contribution in [1.29, 1.82) is 0 Å². The second kappa shape index (κ2) is 9.25. The van der Waals surface area contributed by atoms with Crippen molar-refractivity contribution in [1.82, 2.24) is 20.2 Å². The lowest BCUT2D eigenvalue weighted by Crippen LogP contribution is -2.28. The van der Waals surface area contributed by atoms with E-state index < -0.39 is 0 Å². The molecule has 2 aromatic heterocycles. The van der Waals surface area contributed by atoms with Crippen LogP contribution < -0.4 is 0 Å². The minimum atomic E-state index is -0.277. The molecule has 0 saturated heterocycles. The Morgan fingerprint density at radius 1 is 1.15 bits per heavy atom. The van der Waals surface area contributed by atoms with Crippen LogP contribution in [0.5, 0.6) is 0 Å². The third kappa shape index (κ3) is 4.72. The van der Waals surface area contributed by atoms with E-state index in [0.29, 0.717) is 28.2 Å². The number of carbonyl (C=O) groups is 1. The molecule has 0 fully saturated rings. The van der Waals surface area contributed by atoms with Crippen LogP contribution >= 0.6 is 23.4 Å². The minimum Gasteiger partial charge on any atom is -0.467 e. The number of carbonyl (C=O) groups excluding carboxylic acids is 1. The first-order valence-corrected chi connectivity index (χ1v) is 11.7. The second-order valence-electron chi connectivity index (χ2n) is 7.65. The highest BCUT2D eigenvalue weighted by atomic mass is 35.5. The van der Waals surface area contributed by atoms with Crippen molar-refractivity contribution in [3.63, 3.8) is 0 Å². The lowest BCUT2D eigenvalue weighted by atomic mass is 10.0. The van der Waals surface area contributed by atoms with Gasteiger partial charge >= 0.3 is 0 Å². The third-order valence-electron chi connectivity index (χ3n) is 5.33. The number of aryl methyl sites for hydroxylation is 1. The van der Waals surface area contributed by atoms with Crippen LogP contribution in [0.4, 0.5) is 0 Å². The van der Waals surface area contributed by atoms with E-state index in [4.69, 9.17) is 16.0 Å². The van der Waals surface area contributed by atoms with Gasteiger partial charge in [-0.2, -0.15) is 5.10 Å². The van der Waals surface area contributed by atoms with Crippen LogP contribution in [0.3, 0.4) is 0 Å². The first-order chi connectivity index (χ1) is 16.1. The number of nitrogens with one attached hydrogen (secondary N) is 1. The SMILES string of the molecule is Cc1ccc(C2=NN(C(=O)CSc3n[nH]c(-c4ccc(Cl)cc4)n3)C(c3ccco3)C2)cc1. The quantitative estimate of drug-likeness (QED) is 0.371. The fraction of sp³-hybridized carbons (Fsp3) is 0.167. The number of halogens is 1. The van der Waals surface area contributed by atoms with Crippen LogP contribution in [0.25, 0.3) is 11.4 Å². The molecule has 1 unspecified atom stereocenters. The van der Waals surface area contributed by atoms with Gasteiger partial charge in [-0.3, -0.25) is 9.89 Å². The molecule has 1 amide bonds.